The first-order chi connectivity index (χ1) is 10.5. The fourth-order valence-corrected chi connectivity index (χ4v) is 3.17. The molecule has 3 N–H and O–H groups in total. The minimum atomic E-state index is -0.123. The predicted molar refractivity (Wildman–Crippen MR) is 92.5 cm³/mol. The van der Waals surface area contributed by atoms with Crippen molar-refractivity contribution in [2.75, 3.05) is 11.1 Å². The van der Waals surface area contributed by atoms with Crippen molar-refractivity contribution < 1.29 is 4.79 Å². The third-order valence-electron chi connectivity index (χ3n) is 3.50. The molecule has 3 rings (SSSR count). The number of amides is 1. The summed E-state index contributed by atoms with van der Waals surface area (Å²) in [6.07, 6.45) is 0. The molecular weight excluding hydrogens is 294 g/mol. The number of thiazole rings is 1. The molecule has 0 fully saturated rings. The van der Waals surface area contributed by atoms with Crippen molar-refractivity contribution in [1.29, 1.82) is 0 Å². The zero-order valence-corrected chi connectivity index (χ0v) is 13.3. The average Bonchev–Trinajstić information content (AvgIpc) is 2.86. The minimum absolute atomic E-state index is 0.123. The van der Waals surface area contributed by atoms with Crippen molar-refractivity contribution in [3.8, 4) is 0 Å². The average molecular weight is 311 g/mol. The van der Waals surface area contributed by atoms with Gasteiger partial charge in [0.15, 0.2) is 5.13 Å². The van der Waals surface area contributed by atoms with Crippen molar-refractivity contribution >= 4 is 38.3 Å². The van der Waals surface area contributed by atoms with Gasteiger partial charge < -0.3 is 11.1 Å². The van der Waals surface area contributed by atoms with Gasteiger partial charge in [0.25, 0.3) is 5.91 Å². The van der Waals surface area contributed by atoms with Gasteiger partial charge in [0.2, 0.25) is 0 Å². The molecule has 1 heterocycles. The number of para-hydroxylation sites is 1. The van der Waals surface area contributed by atoms with Gasteiger partial charge in [0, 0.05) is 11.3 Å². The van der Waals surface area contributed by atoms with Gasteiger partial charge in [-0.2, -0.15) is 0 Å². The van der Waals surface area contributed by atoms with E-state index in [9.17, 15) is 4.79 Å². The molecule has 0 unspecified atom stereocenters. The Kier molecular flexibility index (Phi) is 3.81. The highest BCUT2D eigenvalue weighted by atomic mass is 32.1. The molecule has 0 spiro atoms. The van der Waals surface area contributed by atoms with Crippen LogP contribution < -0.4 is 11.1 Å². The SMILES string of the molecule is CC(C)c1ccccc1NC(=O)c1ccc2nc(N)sc2c1. The van der Waals surface area contributed by atoms with Crippen LogP contribution >= 0.6 is 11.3 Å². The van der Waals surface area contributed by atoms with Gasteiger partial charge in [-0.1, -0.05) is 43.4 Å². The van der Waals surface area contributed by atoms with Gasteiger partial charge in [-0.3, -0.25) is 4.79 Å². The van der Waals surface area contributed by atoms with E-state index in [2.05, 4.69) is 24.1 Å². The number of nitrogen functional groups attached to an aromatic ring is 1. The molecular formula is C17H17N3OS. The summed E-state index contributed by atoms with van der Waals surface area (Å²) in [7, 11) is 0. The number of nitrogens with one attached hydrogen (secondary N) is 1. The highest BCUT2D eigenvalue weighted by Crippen LogP contribution is 2.26. The molecule has 112 valence electrons. The molecule has 0 atom stereocenters. The fraction of sp³-hybridized carbons (Fsp3) is 0.176. The third kappa shape index (κ3) is 2.80. The molecule has 0 aliphatic heterocycles. The fourth-order valence-electron chi connectivity index (χ4n) is 2.39. The molecule has 0 radical (unpaired) electrons. The Balaban J connectivity index is 1.90. The molecule has 4 nitrogen and oxygen atoms in total. The number of nitrogens with zero attached hydrogens (tertiary/aromatic N) is 1. The molecule has 0 bridgehead atoms. The van der Waals surface area contributed by atoms with E-state index in [0.717, 1.165) is 21.5 Å². The molecule has 1 amide bonds. The second kappa shape index (κ2) is 5.77. The Hall–Kier alpha value is -2.40. The van der Waals surface area contributed by atoms with Crippen molar-refractivity contribution in [3.05, 3.63) is 53.6 Å². The van der Waals surface area contributed by atoms with Gasteiger partial charge in [0.05, 0.1) is 10.2 Å². The maximum atomic E-state index is 12.5. The summed E-state index contributed by atoms with van der Waals surface area (Å²) < 4.78 is 0.919. The normalized spacial score (nSPS) is 11.0. The number of aromatic nitrogens is 1. The second-order valence-electron chi connectivity index (χ2n) is 5.43. The summed E-state index contributed by atoms with van der Waals surface area (Å²) in [6.45, 7) is 4.22. The summed E-state index contributed by atoms with van der Waals surface area (Å²) in [5.74, 6) is 0.224. The first-order valence-electron chi connectivity index (χ1n) is 7.11. The molecule has 0 saturated heterocycles. The smallest absolute Gasteiger partial charge is 0.255 e. The van der Waals surface area contributed by atoms with Crippen LogP contribution in [0.4, 0.5) is 10.8 Å². The van der Waals surface area contributed by atoms with Gasteiger partial charge >= 0.3 is 0 Å². The molecule has 0 aliphatic rings. The maximum Gasteiger partial charge on any atom is 0.255 e. The second-order valence-corrected chi connectivity index (χ2v) is 6.49. The number of rotatable bonds is 3. The number of anilines is 2. The van der Waals surface area contributed by atoms with Crippen molar-refractivity contribution in [3.63, 3.8) is 0 Å². The van der Waals surface area contributed by atoms with Gasteiger partial charge in [-0.05, 0) is 35.7 Å². The van der Waals surface area contributed by atoms with E-state index in [1.807, 2.05) is 36.4 Å². The maximum absolute atomic E-state index is 12.5. The van der Waals surface area contributed by atoms with Crippen LogP contribution in [-0.2, 0) is 0 Å². The molecule has 1 aromatic heterocycles. The van der Waals surface area contributed by atoms with Crippen LogP contribution in [0, 0.1) is 0 Å². The quantitative estimate of drug-likeness (QED) is 0.759. The van der Waals surface area contributed by atoms with E-state index in [0.29, 0.717) is 16.6 Å². The van der Waals surface area contributed by atoms with Crippen LogP contribution in [0.1, 0.15) is 35.7 Å². The van der Waals surface area contributed by atoms with E-state index in [4.69, 9.17) is 5.73 Å². The monoisotopic (exact) mass is 311 g/mol. The Morgan fingerprint density at radius 2 is 2.00 bits per heavy atom. The number of fused-ring (bicyclic) bond motifs is 1. The van der Waals surface area contributed by atoms with E-state index >= 15 is 0 Å². The third-order valence-corrected chi connectivity index (χ3v) is 4.35. The molecule has 0 saturated carbocycles. The zero-order chi connectivity index (χ0) is 15.7. The zero-order valence-electron chi connectivity index (χ0n) is 12.5. The topological polar surface area (TPSA) is 68.0 Å². The largest absolute Gasteiger partial charge is 0.375 e. The molecule has 22 heavy (non-hydrogen) atoms. The standard InChI is InChI=1S/C17H17N3OS/c1-10(2)12-5-3-4-6-13(12)19-16(21)11-7-8-14-15(9-11)22-17(18)20-14/h3-10H,1-2H3,(H2,18,20)(H,19,21). The van der Waals surface area contributed by atoms with E-state index < -0.39 is 0 Å². The lowest BCUT2D eigenvalue weighted by Gasteiger charge is -2.13. The van der Waals surface area contributed by atoms with Gasteiger partial charge in [-0.25, -0.2) is 4.98 Å². The molecule has 2 aromatic carbocycles. The molecule has 3 aromatic rings. The number of carbonyl (C=O) groups excluding carboxylic acids is 1. The molecule has 5 heteroatoms. The van der Waals surface area contributed by atoms with E-state index in [1.165, 1.54) is 11.3 Å². The minimum Gasteiger partial charge on any atom is -0.375 e. The Morgan fingerprint density at radius 3 is 2.77 bits per heavy atom. The highest BCUT2D eigenvalue weighted by Gasteiger charge is 2.12. The Morgan fingerprint density at radius 1 is 1.23 bits per heavy atom. The molecule has 0 aliphatic carbocycles. The van der Waals surface area contributed by atoms with Crippen molar-refractivity contribution in [1.82, 2.24) is 4.98 Å². The first-order valence-corrected chi connectivity index (χ1v) is 7.92. The van der Waals surface area contributed by atoms with Crippen LogP contribution in [0.3, 0.4) is 0 Å². The van der Waals surface area contributed by atoms with E-state index in [1.54, 1.807) is 6.07 Å². The van der Waals surface area contributed by atoms with Crippen LogP contribution in [0.15, 0.2) is 42.5 Å². The van der Waals surface area contributed by atoms with Crippen LogP contribution in [0.5, 0.6) is 0 Å². The number of nitrogens with two attached hydrogens (primary N) is 1. The van der Waals surface area contributed by atoms with E-state index in [-0.39, 0.29) is 5.91 Å². The summed E-state index contributed by atoms with van der Waals surface area (Å²) >= 11 is 1.38. The summed E-state index contributed by atoms with van der Waals surface area (Å²) in [6, 6.07) is 13.3. The number of hydrogen-bond donors (Lipinski definition) is 2. The lowest BCUT2D eigenvalue weighted by atomic mass is 10.0. The van der Waals surface area contributed by atoms with Crippen LogP contribution in [-0.4, -0.2) is 10.9 Å². The number of hydrogen-bond acceptors (Lipinski definition) is 4. The summed E-state index contributed by atoms with van der Waals surface area (Å²) in [4.78, 5) is 16.7. The van der Waals surface area contributed by atoms with Crippen molar-refractivity contribution in [2.24, 2.45) is 0 Å². The lowest BCUT2D eigenvalue weighted by Crippen LogP contribution is -2.13. The predicted octanol–water partition coefficient (Wildman–Crippen LogP) is 4.25. The van der Waals surface area contributed by atoms with Crippen LogP contribution in [0.25, 0.3) is 10.2 Å². The van der Waals surface area contributed by atoms with Crippen LogP contribution in [0.2, 0.25) is 0 Å². The van der Waals surface area contributed by atoms with Gasteiger partial charge in [-0.15, -0.1) is 0 Å². The summed E-state index contributed by atoms with van der Waals surface area (Å²) in [5.41, 5.74) is 9.10. The first kappa shape index (κ1) is 14.5. The van der Waals surface area contributed by atoms with Crippen molar-refractivity contribution in [2.45, 2.75) is 19.8 Å². The summed E-state index contributed by atoms with van der Waals surface area (Å²) in [5, 5.41) is 3.51. The Bertz CT molecular complexity index is 839. The lowest BCUT2D eigenvalue weighted by molar-refractivity contribution is 0.102. The number of carbonyl (C=O) groups is 1. The Labute approximate surface area is 133 Å². The number of benzene rings is 2. The highest BCUT2D eigenvalue weighted by molar-refractivity contribution is 7.22. The van der Waals surface area contributed by atoms with Gasteiger partial charge in [0.1, 0.15) is 0 Å².